The second-order valence-electron chi connectivity index (χ2n) is 6.17. The van der Waals surface area contributed by atoms with E-state index in [1.165, 1.54) is 5.56 Å². The highest BCUT2D eigenvalue weighted by Crippen LogP contribution is 2.20. The van der Waals surface area contributed by atoms with Gasteiger partial charge in [-0.25, -0.2) is 9.97 Å². The normalized spacial score (nSPS) is 14.5. The fourth-order valence-corrected chi connectivity index (χ4v) is 3.47. The average molecular weight is 320 g/mol. The summed E-state index contributed by atoms with van der Waals surface area (Å²) < 4.78 is 0. The molecule has 0 unspecified atom stereocenters. The number of carbonyl (C=O) groups is 1. The summed E-state index contributed by atoms with van der Waals surface area (Å²) >= 11 is 0. The lowest BCUT2D eigenvalue weighted by Gasteiger charge is -2.20. The molecular formula is C19H20N4O. The Bertz CT molecular complexity index is 899. The van der Waals surface area contributed by atoms with Crippen LogP contribution in [-0.2, 0) is 19.3 Å². The Morgan fingerprint density at radius 3 is 2.96 bits per heavy atom. The summed E-state index contributed by atoms with van der Waals surface area (Å²) in [6.45, 7) is 3.54. The van der Waals surface area contributed by atoms with Crippen molar-refractivity contribution in [1.82, 2.24) is 19.9 Å². The highest BCUT2D eigenvalue weighted by molar-refractivity contribution is 5.98. The van der Waals surface area contributed by atoms with Crippen molar-refractivity contribution in [2.45, 2.75) is 26.2 Å². The Kier molecular flexibility index (Phi) is 3.76. The number of nitrogens with one attached hydrogen (secondary N) is 1. The van der Waals surface area contributed by atoms with Gasteiger partial charge in [0.1, 0.15) is 6.33 Å². The van der Waals surface area contributed by atoms with Gasteiger partial charge in [-0.3, -0.25) is 4.79 Å². The lowest BCUT2D eigenvalue weighted by Crippen LogP contribution is -2.33. The summed E-state index contributed by atoms with van der Waals surface area (Å²) in [5.74, 6) is 0.0944. The van der Waals surface area contributed by atoms with E-state index in [9.17, 15) is 4.79 Å². The molecule has 0 radical (unpaired) electrons. The Balaban J connectivity index is 1.58. The number of hydrogen-bond donors (Lipinski definition) is 1. The van der Waals surface area contributed by atoms with E-state index in [2.05, 4.69) is 21.9 Å². The minimum atomic E-state index is 0.0944. The van der Waals surface area contributed by atoms with Crippen LogP contribution in [0.1, 0.15) is 34.2 Å². The van der Waals surface area contributed by atoms with Crippen LogP contribution in [-0.4, -0.2) is 38.8 Å². The summed E-state index contributed by atoms with van der Waals surface area (Å²) in [7, 11) is 0. The molecule has 1 N–H and O–H groups in total. The smallest absolute Gasteiger partial charge is 0.253 e. The molecule has 24 heavy (non-hydrogen) atoms. The van der Waals surface area contributed by atoms with Crippen molar-refractivity contribution in [3.8, 4) is 0 Å². The van der Waals surface area contributed by atoms with Gasteiger partial charge in [0.15, 0.2) is 0 Å². The van der Waals surface area contributed by atoms with Gasteiger partial charge in [-0.05, 0) is 42.7 Å². The molecule has 5 heteroatoms. The Morgan fingerprint density at radius 2 is 2.08 bits per heavy atom. The number of amides is 1. The van der Waals surface area contributed by atoms with E-state index in [0.717, 1.165) is 53.7 Å². The predicted molar refractivity (Wildman–Crippen MR) is 93.0 cm³/mol. The minimum absolute atomic E-state index is 0.0944. The number of rotatable bonds is 2. The first kappa shape index (κ1) is 14.9. The molecule has 5 nitrogen and oxygen atoms in total. The second kappa shape index (κ2) is 6.07. The zero-order valence-electron chi connectivity index (χ0n) is 13.7. The Morgan fingerprint density at radius 1 is 1.21 bits per heavy atom. The molecule has 1 aliphatic rings. The Hall–Kier alpha value is -2.69. The quantitative estimate of drug-likeness (QED) is 0.790. The third-order valence-corrected chi connectivity index (χ3v) is 4.80. The monoisotopic (exact) mass is 320 g/mol. The van der Waals surface area contributed by atoms with Gasteiger partial charge in [-0.2, -0.15) is 0 Å². The maximum Gasteiger partial charge on any atom is 0.253 e. The molecule has 3 heterocycles. The number of fused-ring (bicyclic) bond motifs is 2. The van der Waals surface area contributed by atoms with Gasteiger partial charge < -0.3 is 9.88 Å². The number of carbonyl (C=O) groups excluding carboxylic acids is 1. The number of aromatic nitrogens is 3. The number of benzene rings is 1. The Labute approximate surface area is 140 Å². The van der Waals surface area contributed by atoms with E-state index < -0.39 is 0 Å². The first-order valence-corrected chi connectivity index (χ1v) is 8.44. The number of hydrogen-bond acceptors (Lipinski definition) is 3. The van der Waals surface area contributed by atoms with Crippen molar-refractivity contribution in [2.24, 2.45) is 0 Å². The molecule has 0 atom stereocenters. The van der Waals surface area contributed by atoms with Crippen molar-refractivity contribution in [2.75, 3.05) is 13.1 Å². The van der Waals surface area contributed by atoms with Crippen LogP contribution in [0, 0.1) is 0 Å². The van der Waals surface area contributed by atoms with Crippen molar-refractivity contribution in [3.05, 3.63) is 59.3 Å². The predicted octanol–water partition coefficient (Wildman–Crippen LogP) is 2.76. The lowest BCUT2D eigenvalue weighted by atomic mass is 10.1. The lowest BCUT2D eigenvalue weighted by molar-refractivity contribution is 0.0763. The second-order valence-corrected chi connectivity index (χ2v) is 6.17. The number of H-pyrrole nitrogens is 1. The fourth-order valence-electron chi connectivity index (χ4n) is 3.47. The summed E-state index contributed by atoms with van der Waals surface area (Å²) in [6, 6.07) is 7.82. The zero-order chi connectivity index (χ0) is 16.5. The summed E-state index contributed by atoms with van der Waals surface area (Å²) in [4.78, 5) is 26.8. The van der Waals surface area contributed by atoms with Crippen LogP contribution in [0.15, 0.2) is 36.8 Å². The van der Waals surface area contributed by atoms with Crippen LogP contribution in [0.5, 0.6) is 0 Å². The van der Waals surface area contributed by atoms with Crippen LogP contribution < -0.4 is 0 Å². The van der Waals surface area contributed by atoms with E-state index in [4.69, 9.17) is 0 Å². The van der Waals surface area contributed by atoms with Crippen LogP contribution in [0.25, 0.3) is 10.9 Å². The molecule has 0 saturated carbocycles. The third kappa shape index (κ3) is 2.56. The largest absolute Gasteiger partial charge is 0.361 e. The van der Waals surface area contributed by atoms with Crippen molar-refractivity contribution in [3.63, 3.8) is 0 Å². The van der Waals surface area contributed by atoms with E-state index in [-0.39, 0.29) is 5.91 Å². The summed E-state index contributed by atoms with van der Waals surface area (Å²) in [5, 5.41) is 1.07. The third-order valence-electron chi connectivity index (χ3n) is 4.80. The van der Waals surface area contributed by atoms with E-state index in [1.54, 1.807) is 6.33 Å². The van der Waals surface area contributed by atoms with Gasteiger partial charge in [-0.15, -0.1) is 0 Å². The van der Waals surface area contributed by atoms with Crippen molar-refractivity contribution >= 4 is 16.8 Å². The molecule has 1 amide bonds. The highest BCUT2D eigenvalue weighted by atomic mass is 16.2. The van der Waals surface area contributed by atoms with E-state index in [1.807, 2.05) is 35.4 Å². The summed E-state index contributed by atoms with van der Waals surface area (Å²) in [5.41, 5.74) is 5.24. The molecule has 1 aromatic carbocycles. The number of aryl methyl sites for hydroxylation is 1. The molecule has 2 aromatic heterocycles. The number of nitrogens with zero attached hydrogens (tertiary/aromatic N) is 3. The van der Waals surface area contributed by atoms with Crippen LogP contribution in [0.2, 0.25) is 0 Å². The standard InChI is InChI=1S/C19H20N4O/c1-2-16-15-6-9-23(10-7-18(15)22-12-21-16)19(24)14-3-4-17-13(11-14)5-8-20-17/h3-5,8,11-12,20H,2,6-7,9-10H2,1H3. The average Bonchev–Trinajstić information content (AvgIpc) is 2.98. The molecule has 0 fully saturated rings. The number of aromatic amines is 1. The van der Waals surface area contributed by atoms with Gasteiger partial charge in [0.2, 0.25) is 0 Å². The topological polar surface area (TPSA) is 61.9 Å². The van der Waals surface area contributed by atoms with Crippen LogP contribution in [0.3, 0.4) is 0 Å². The van der Waals surface area contributed by atoms with Crippen LogP contribution >= 0.6 is 0 Å². The molecule has 3 aromatic rings. The van der Waals surface area contributed by atoms with Gasteiger partial charge in [0.05, 0.1) is 0 Å². The van der Waals surface area contributed by atoms with E-state index in [0.29, 0.717) is 6.54 Å². The van der Waals surface area contributed by atoms with Gasteiger partial charge in [0, 0.05) is 53.6 Å². The van der Waals surface area contributed by atoms with Gasteiger partial charge in [-0.1, -0.05) is 6.92 Å². The molecule has 122 valence electrons. The molecule has 0 saturated heterocycles. The molecule has 0 aliphatic carbocycles. The minimum Gasteiger partial charge on any atom is -0.361 e. The maximum absolute atomic E-state index is 12.9. The highest BCUT2D eigenvalue weighted by Gasteiger charge is 2.22. The van der Waals surface area contributed by atoms with Gasteiger partial charge in [0.25, 0.3) is 5.91 Å². The van der Waals surface area contributed by atoms with Crippen molar-refractivity contribution < 1.29 is 4.79 Å². The molecule has 1 aliphatic heterocycles. The first-order valence-electron chi connectivity index (χ1n) is 8.44. The maximum atomic E-state index is 12.9. The van der Waals surface area contributed by atoms with E-state index >= 15 is 0 Å². The zero-order valence-corrected chi connectivity index (χ0v) is 13.7. The van der Waals surface area contributed by atoms with Crippen molar-refractivity contribution in [1.29, 1.82) is 0 Å². The summed E-state index contributed by atoms with van der Waals surface area (Å²) in [6.07, 6.45) is 6.07. The molecule has 4 rings (SSSR count). The molecule has 0 spiro atoms. The fraction of sp³-hybridized carbons (Fsp3) is 0.316. The van der Waals surface area contributed by atoms with Crippen LogP contribution in [0.4, 0.5) is 0 Å². The van der Waals surface area contributed by atoms with Gasteiger partial charge >= 0.3 is 0 Å². The molecular weight excluding hydrogens is 300 g/mol. The molecule has 0 bridgehead atoms. The first-order chi connectivity index (χ1) is 11.8. The SMILES string of the molecule is CCc1ncnc2c1CCN(C(=O)c1ccc3[nH]ccc3c1)CC2.